The lowest BCUT2D eigenvalue weighted by molar-refractivity contribution is -0.171. The lowest BCUT2D eigenvalue weighted by atomic mass is 9.44. The van der Waals surface area contributed by atoms with E-state index in [1.165, 1.54) is 0 Å². The molecule has 0 spiro atoms. The molecule has 4 rings (SSSR count). The Hall–Kier alpha value is -0.700. The molecule has 0 aromatic rings. The highest BCUT2D eigenvalue weighted by Gasteiger charge is 2.63. The summed E-state index contributed by atoms with van der Waals surface area (Å²) < 4.78 is 0. The minimum atomic E-state index is -0.366. The predicted molar refractivity (Wildman–Crippen MR) is 83.1 cm³/mol. The topological polar surface area (TPSA) is 54.4 Å². The summed E-state index contributed by atoms with van der Waals surface area (Å²) in [6.45, 7) is 4.43. The Balaban J connectivity index is 1.70. The molecule has 4 aliphatic carbocycles. The highest BCUT2D eigenvalue weighted by molar-refractivity contribution is 5.87. The summed E-state index contributed by atoms with van der Waals surface area (Å²) in [6.07, 6.45) is 6.55. The van der Waals surface area contributed by atoms with Crippen LogP contribution in [0.4, 0.5) is 0 Å². The number of carbonyl (C=O) groups excluding carboxylic acids is 2. The molecule has 0 aliphatic heterocycles. The molecular formula is C19H28O3. The summed E-state index contributed by atoms with van der Waals surface area (Å²) in [5.41, 5.74) is -0.183. The first-order chi connectivity index (χ1) is 10.4. The molecule has 22 heavy (non-hydrogen) atoms. The molecule has 122 valence electrons. The van der Waals surface area contributed by atoms with Gasteiger partial charge in [-0.3, -0.25) is 9.59 Å². The normalized spacial score (nSPS) is 54.6. The fraction of sp³-hybridized carbons (Fsp3) is 0.895. The first-order valence-electron chi connectivity index (χ1n) is 9.09. The van der Waals surface area contributed by atoms with Crippen LogP contribution in [0.5, 0.6) is 0 Å². The Morgan fingerprint density at radius 3 is 2.64 bits per heavy atom. The summed E-state index contributed by atoms with van der Waals surface area (Å²) in [6, 6.07) is 0. The van der Waals surface area contributed by atoms with Gasteiger partial charge in [-0.15, -0.1) is 0 Å². The number of hydrogen-bond acceptors (Lipinski definition) is 3. The molecule has 0 aromatic carbocycles. The predicted octanol–water partition coefficient (Wildman–Crippen LogP) is 3.14. The van der Waals surface area contributed by atoms with Gasteiger partial charge >= 0.3 is 0 Å². The largest absolute Gasteiger partial charge is 0.393 e. The van der Waals surface area contributed by atoms with Crippen LogP contribution in [0.15, 0.2) is 0 Å². The standard InChI is InChI=1S/C19H28O3/c1-18-8-7-12(20)9-11(18)3-4-13-14-5-6-16(22)19(14,2)10-15(21)17(13)18/h11,13-15,17,21H,3-10H2,1-2H3. The molecule has 4 aliphatic rings. The van der Waals surface area contributed by atoms with Crippen molar-refractivity contribution in [2.24, 2.45) is 34.5 Å². The van der Waals surface area contributed by atoms with E-state index < -0.39 is 0 Å². The van der Waals surface area contributed by atoms with E-state index in [9.17, 15) is 14.7 Å². The Kier molecular flexibility index (Phi) is 3.15. The van der Waals surface area contributed by atoms with Crippen LogP contribution in [0.3, 0.4) is 0 Å². The van der Waals surface area contributed by atoms with E-state index >= 15 is 0 Å². The van der Waals surface area contributed by atoms with E-state index in [2.05, 4.69) is 13.8 Å². The van der Waals surface area contributed by atoms with E-state index in [0.717, 1.165) is 25.7 Å². The highest BCUT2D eigenvalue weighted by atomic mass is 16.3. The molecule has 1 N–H and O–H groups in total. The van der Waals surface area contributed by atoms with Crippen LogP contribution >= 0.6 is 0 Å². The van der Waals surface area contributed by atoms with Crippen molar-refractivity contribution in [2.75, 3.05) is 0 Å². The number of hydrogen-bond donors (Lipinski definition) is 1. The van der Waals surface area contributed by atoms with Gasteiger partial charge in [0.2, 0.25) is 0 Å². The average molecular weight is 304 g/mol. The maximum Gasteiger partial charge on any atom is 0.139 e. The quantitative estimate of drug-likeness (QED) is 0.748. The molecule has 0 aromatic heterocycles. The summed E-state index contributed by atoms with van der Waals surface area (Å²) >= 11 is 0. The van der Waals surface area contributed by atoms with Crippen molar-refractivity contribution in [2.45, 2.75) is 71.3 Å². The number of fused-ring (bicyclic) bond motifs is 5. The third-order valence-electron chi connectivity index (χ3n) is 8.12. The Morgan fingerprint density at radius 1 is 1.09 bits per heavy atom. The van der Waals surface area contributed by atoms with Crippen LogP contribution in [-0.4, -0.2) is 22.8 Å². The average Bonchev–Trinajstić information content (AvgIpc) is 2.75. The molecule has 0 heterocycles. The molecule has 4 saturated carbocycles. The van der Waals surface area contributed by atoms with Crippen molar-refractivity contribution in [3.05, 3.63) is 0 Å². The molecule has 0 amide bonds. The lowest BCUT2D eigenvalue weighted by Crippen LogP contribution is -2.58. The fourth-order valence-corrected chi connectivity index (χ4v) is 6.94. The number of Topliss-reactive ketones (excluding diaryl/α,β-unsaturated/α-hetero) is 2. The van der Waals surface area contributed by atoms with Crippen LogP contribution < -0.4 is 0 Å². The molecule has 0 radical (unpaired) electrons. The zero-order chi connectivity index (χ0) is 15.7. The van der Waals surface area contributed by atoms with Gasteiger partial charge in [0.1, 0.15) is 11.6 Å². The highest BCUT2D eigenvalue weighted by Crippen LogP contribution is 2.65. The van der Waals surface area contributed by atoms with Gasteiger partial charge in [0.15, 0.2) is 0 Å². The van der Waals surface area contributed by atoms with Crippen molar-refractivity contribution in [3.63, 3.8) is 0 Å². The van der Waals surface area contributed by atoms with Gasteiger partial charge in [0.05, 0.1) is 6.10 Å². The second kappa shape index (κ2) is 4.66. The molecule has 7 atom stereocenters. The van der Waals surface area contributed by atoms with Crippen molar-refractivity contribution in [1.82, 2.24) is 0 Å². The maximum absolute atomic E-state index is 12.4. The SMILES string of the molecule is CC12CC(O)C3C(CCC4CC(=O)CCC43C)C1CCC2=O. The first-order valence-corrected chi connectivity index (χ1v) is 9.09. The molecule has 7 unspecified atom stereocenters. The summed E-state index contributed by atoms with van der Waals surface area (Å²) in [5, 5.41) is 11.0. The van der Waals surface area contributed by atoms with Gasteiger partial charge in [-0.05, 0) is 61.2 Å². The maximum atomic E-state index is 12.4. The third-order valence-corrected chi connectivity index (χ3v) is 8.12. The van der Waals surface area contributed by atoms with Crippen LogP contribution in [-0.2, 0) is 9.59 Å². The van der Waals surface area contributed by atoms with Crippen molar-refractivity contribution < 1.29 is 14.7 Å². The number of carbonyl (C=O) groups is 2. The zero-order valence-electron chi connectivity index (χ0n) is 13.8. The fourth-order valence-electron chi connectivity index (χ4n) is 6.94. The molecule has 3 nitrogen and oxygen atoms in total. The number of aliphatic hydroxyl groups excluding tert-OH is 1. The van der Waals surface area contributed by atoms with Gasteiger partial charge in [-0.1, -0.05) is 13.8 Å². The zero-order valence-corrected chi connectivity index (χ0v) is 13.8. The lowest BCUT2D eigenvalue weighted by Gasteiger charge is -2.60. The Labute approximate surface area is 132 Å². The van der Waals surface area contributed by atoms with Gasteiger partial charge in [-0.25, -0.2) is 0 Å². The van der Waals surface area contributed by atoms with Crippen LogP contribution in [0, 0.1) is 34.5 Å². The van der Waals surface area contributed by atoms with E-state index in [4.69, 9.17) is 0 Å². The van der Waals surface area contributed by atoms with Crippen LogP contribution in [0.2, 0.25) is 0 Å². The third kappa shape index (κ3) is 1.78. The second-order valence-corrected chi connectivity index (χ2v) is 8.97. The second-order valence-electron chi connectivity index (χ2n) is 8.97. The van der Waals surface area contributed by atoms with Crippen molar-refractivity contribution >= 4 is 11.6 Å². The van der Waals surface area contributed by atoms with E-state index in [0.29, 0.717) is 60.9 Å². The minimum Gasteiger partial charge on any atom is -0.393 e. The monoisotopic (exact) mass is 304 g/mol. The van der Waals surface area contributed by atoms with E-state index in [-0.39, 0.29) is 16.9 Å². The molecule has 3 heteroatoms. The van der Waals surface area contributed by atoms with Gasteiger partial charge in [0, 0.05) is 24.7 Å². The van der Waals surface area contributed by atoms with E-state index in [1.54, 1.807) is 0 Å². The number of ketones is 2. The number of rotatable bonds is 0. The van der Waals surface area contributed by atoms with Crippen molar-refractivity contribution in [3.8, 4) is 0 Å². The summed E-state index contributed by atoms with van der Waals surface area (Å²) in [5.74, 6) is 2.47. The molecule has 4 fully saturated rings. The van der Waals surface area contributed by atoms with Gasteiger partial charge < -0.3 is 5.11 Å². The van der Waals surface area contributed by atoms with Crippen molar-refractivity contribution in [1.29, 1.82) is 0 Å². The first kappa shape index (κ1) is 14.9. The smallest absolute Gasteiger partial charge is 0.139 e. The van der Waals surface area contributed by atoms with Crippen LogP contribution in [0.1, 0.15) is 65.2 Å². The Morgan fingerprint density at radius 2 is 1.86 bits per heavy atom. The van der Waals surface area contributed by atoms with Gasteiger partial charge in [0.25, 0.3) is 0 Å². The Bertz CT molecular complexity index is 527. The molecule has 0 saturated heterocycles. The molecular weight excluding hydrogens is 276 g/mol. The summed E-state index contributed by atoms with van der Waals surface area (Å²) in [7, 11) is 0. The van der Waals surface area contributed by atoms with Crippen LogP contribution in [0.25, 0.3) is 0 Å². The van der Waals surface area contributed by atoms with E-state index in [1.807, 2.05) is 0 Å². The molecule has 0 bridgehead atoms. The summed E-state index contributed by atoms with van der Waals surface area (Å²) in [4.78, 5) is 24.3. The minimum absolute atomic E-state index is 0.100. The number of aliphatic hydroxyl groups is 1. The van der Waals surface area contributed by atoms with Gasteiger partial charge in [-0.2, -0.15) is 0 Å².